The van der Waals surface area contributed by atoms with Crippen molar-refractivity contribution in [2.45, 2.75) is 31.9 Å². The van der Waals surface area contributed by atoms with Gasteiger partial charge < -0.3 is 19.8 Å². The molecule has 2 rings (SSSR count). The van der Waals surface area contributed by atoms with Gasteiger partial charge >= 0.3 is 5.97 Å². The van der Waals surface area contributed by atoms with E-state index in [9.17, 15) is 9.59 Å². The molecule has 0 amide bonds. The SMILES string of the molecule is Nc1ccc(=O)n(CC(=O)OCCC2CCCO2)c1. The normalized spacial score (nSPS) is 18.4. The number of hydrogen-bond acceptors (Lipinski definition) is 5. The second-order valence-corrected chi connectivity index (χ2v) is 4.57. The lowest BCUT2D eigenvalue weighted by Gasteiger charge is -2.10. The first-order valence-electron chi connectivity index (χ1n) is 6.38. The van der Waals surface area contributed by atoms with E-state index < -0.39 is 5.97 Å². The van der Waals surface area contributed by atoms with Gasteiger partial charge in [0.05, 0.1) is 12.7 Å². The van der Waals surface area contributed by atoms with Crippen LogP contribution in [0.4, 0.5) is 5.69 Å². The van der Waals surface area contributed by atoms with Crippen molar-refractivity contribution < 1.29 is 14.3 Å². The van der Waals surface area contributed by atoms with Crippen LogP contribution in [-0.4, -0.2) is 29.9 Å². The van der Waals surface area contributed by atoms with Crippen LogP contribution in [0.3, 0.4) is 0 Å². The van der Waals surface area contributed by atoms with E-state index in [4.69, 9.17) is 15.2 Å². The molecule has 1 aromatic rings. The molecule has 19 heavy (non-hydrogen) atoms. The Bertz CT molecular complexity index is 492. The van der Waals surface area contributed by atoms with Crippen molar-refractivity contribution >= 4 is 11.7 Å². The molecule has 2 heterocycles. The van der Waals surface area contributed by atoms with Crippen LogP contribution in [0.25, 0.3) is 0 Å². The Morgan fingerprint density at radius 1 is 1.53 bits per heavy atom. The number of nitrogens with two attached hydrogens (primary N) is 1. The molecule has 2 N–H and O–H groups in total. The Kier molecular flexibility index (Phi) is 4.57. The molecule has 6 heteroatoms. The van der Waals surface area contributed by atoms with Gasteiger partial charge in [0.15, 0.2) is 0 Å². The first-order valence-corrected chi connectivity index (χ1v) is 6.38. The van der Waals surface area contributed by atoms with E-state index in [2.05, 4.69) is 0 Å². The van der Waals surface area contributed by atoms with Gasteiger partial charge in [-0.25, -0.2) is 0 Å². The predicted octanol–water partition coefficient (Wildman–Crippen LogP) is 0.543. The molecule has 1 aliphatic rings. The number of esters is 1. The van der Waals surface area contributed by atoms with Crippen molar-refractivity contribution in [3.8, 4) is 0 Å². The summed E-state index contributed by atoms with van der Waals surface area (Å²) in [7, 11) is 0. The van der Waals surface area contributed by atoms with Crippen molar-refractivity contribution in [1.82, 2.24) is 4.57 Å². The smallest absolute Gasteiger partial charge is 0.326 e. The fraction of sp³-hybridized carbons (Fsp3) is 0.538. The summed E-state index contributed by atoms with van der Waals surface area (Å²) in [5.41, 5.74) is 5.72. The van der Waals surface area contributed by atoms with Gasteiger partial charge in [0.1, 0.15) is 6.54 Å². The number of rotatable bonds is 5. The molecular formula is C13H18N2O4. The summed E-state index contributed by atoms with van der Waals surface area (Å²) in [6, 6.07) is 2.83. The lowest BCUT2D eigenvalue weighted by Crippen LogP contribution is -2.25. The maximum atomic E-state index is 11.6. The van der Waals surface area contributed by atoms with Crippen molar-refractivity contribution in [2.24, 2.45) is 0 Å². The molecule has 0 bridgehead atoms. The Labute approximate surface area is 111 Å². The highest BCUT2D eigenvalue weighted by Gasteiger charge is 2.16. The number of hydrogen-bond donors (Lipinski definition) is 1. The number of carbonyl (C=O) groups excluding carboxylic acids is 1. The van der Waals surface area contributed by atoms with Crippen LogP contribution in [0.1, 0.15) is 19.3 Å². The highest BCUT2D eigenvalue weighted by molar-refractivity contribution is 5.69. The van der Waals surface area contributed by atoms with Crippen LogP contribution < -0.4 is 11.3 Å². The van der Waals surface area contributed by atoms with E-state index in [1.165, 1.54) is 22.9 Å². The fourth-order valence-electron chi connectivity index (χ4n) is 2.03. The number of nitrogen functional groups attached to an aromatic ring is 1. The number of pyridine rings is 1. The summed E-state index contributed by atoms with van der Waals surface area (Å²) in [5.74, 6) is -0.439. The minimum absolute atomic E-state index is 0.116. The van der Waals surface area contributed by atoms with Crippen molar-refractivity contribution in [1.29, 1.82) is 0 Å². The second-order valence-electron chi connectivity index (χ2n) is 4.57. The highest BCUT2D eigenvalue weighted by atomic mass is 16.5. The van der Waals surface area contributed by atoms with E-state index in [1.54, 1.807) is 0 Å². The monoisotopic (exact) mass is 266 g/mol. The number of carbonyl (C=O) groups is 1. The zero-order valence-electron chi connectivity index (χ0n) is 10.7. The van der Waals surface area contributed by atoms with E-state index in [0.29, 0.717) is 18.7 Å². The lowest BCUT2D eigenvalue weighted by molar-refractivity contribution is -0.145. The summed E-state index contributed by atoms with van der Waals surface area (Å²) >= 11 is 0. The molecule has 1 fully saturated rings. The van der Waals surface area contributed by atoms with Gasteiger partial charge in [0, 0.05) is 31.0 Å². The maximum absolute atomic E-state index is 11.6. The molecule has 1 aromatic heterocycles. The first kappa shape index (κ1) is 13.6. The number of nitrogens with zero attached hydrogens (tertiary/aromatic N) is 1. The summed E-state index contributed by atoms with van der Waals surface area (Å²) < 4.78 is 11.7. The van der Waals surface area contributed by atoms with Gasteiger partial charge in [-0.05, 0) is 18.9 Å². The third-order valence-electron chi connectivity index (χ3n) is 3.03. The molecule has 0 saturated carbocycles. The average Bonchev–Trinajstić information content (AvgIpc) is 2.87. The Morgan fingerprint density at radius 2 is 2.37 bits per heavy atom. The van der Waals surface area contributed by atoms with Gasteiger partial charge in [-0.1, -0.05) is 0 Å². The summed E-state index contributed by atoms with van der Waals surface area (Å²) in [4.78, 5) is 23.1. The lowest BCUT2D eigenvalue weighted by atomic mass is 10.2. The fourth-order valence-corrected chi connectivity index (χ4v) is 2.03. The van der Waals surface area contributed by atoms with Crippen molar-refractivity contribution in [2.75, 3.05) is 18.9 Å². The van der Waals surface area contributed by atoms with Crippen LogP contribution in [0.15, 0.2) is 23.1 Å². The molecule has 1 atom stereocenters. The largest absolute Gasteiger partial charge is 0.464 e. The number of aromatic nitrogens is 1. The number of ether oxygens (including phenoxy) is 2. The molecule has 1 unspecified atom stereocenters. The summed E-state index contributed by atoms with van der Waals surface area (Å²) in [5, 5.41) is 0. The first-order chi connectivity index (χ1) is 9.15. The van der Waals surface area contributed by atoms with E-state index in [1.807, 2.05) is 0 Å². The third kappa shape index (κ3) is 4.10. The third-order valence-corrected chi connectivity index (χ3v) is 3.03. The van der Waals surface area contributed by atoms with Crippen LogP contribution in [0, 0.1) is 0 Å². The Morgan fingerprint density at radius 3 is 3.11 bits per heavy atom. The molecule has 1 saturated heterocycles. The van der Waals surface area contributed by atoms with Gasteiger partial charge in [-0.2, -0.15) is 0 Å². The molecule has 0 spiro atoms. The maximum Gasteiger partial charge on any atom is 0.326 e. The van der Waals surface area contributed by atoms with Gasteiger partial charge in [-0.3, -0.25) is 9.59 Å². The zero-order valence-corrected chi connectivity index (χ0v) is 10.7. The minimum Gasteiger partial charge on any atom is -0.464 e. The molecule has 0 aromatic carbocycles. The molecule has 0 radical (unpaired) electrons. The Balaban J connectivity index is 1.77. The van der Waals surface area contributed by atoms with Crippen LogP contribution >= 0.6 is 0 Å². The van der Waals surface area contributed by atoms with Crippen LogP contribution in [-0.2, 0) is 20.8 Å². The van der Waals surface area contributed by atoms with Gasteiger partial charge in [-0.15, -0.1) is 0 Å². The topological polar surface area (TPSA) is 83.6 Å². The molecule has 1 aliphatic heterocycles. The summed E-state index contributed by atoms with van der Waals surface area (Å²) in [6.07, 6.45) is 4.42. The molecule has 0 aliphatic carbocycles. The van der Waals surface area contributed by atoms with Crippen LogP contribution in [0.2, 0.25) is 0 Å². The van der Waals surface area contributed by atoms with Gasteiger partial charge in [0.25, 0.3) is 5.56 Å². The van der Waals surface area contributed by atoms with E-state index >= 15 is 0 Å². The number of anilines is 1. The summed E-state index contributed by atoms with van der Waals surface area (Å²) in [6.45, 7) is 0.993. The van der Waals surface area contributed by atoms with Crippen molar-refractivity contribution in [3.63, 3.8) is 0 Å². The van der Waals surface area contributed by atoms with Crippen molar-refractivity contribution in [3.05, 3.63) is 28.7 Å². The second kappa shape index (κ2) is 6.38. The zero-order chi connectivity index (χ0) is 13.7. The predicted molar refractivity (Wildman–Crippen MR) is 69.7 cm³/mol. The van der Waals surface area contributed by atoms with E-state index in [-0.39, 0.29) is 18.2 Å². The quantitative estimate of drug-likeness (QED) is 0.786. The van der Waals surface area contributed by atoms with Gasteiger partial charge in [0.2, 0.25) is 0 Å². The Hall–Kier alpha value is -1.82. The molecule has 6 nitrogen and oxygen atoms in total. The molecule has 104 valence electrons. The van der Waals surface area contributed by atoms with Crippen LogP contribution in [0.5, 0.6) is 0 Å². The average molecular weight is 266 g/mol. The standard InChI is InChI=1S/C13H18N2O4/c14-10-3-4-12(16)15(8-10)9-13(17)19-7-5-11-2-1-6-18-11/h3-4,8,11H,1-2,5-7,9,14H2. The highest BCUT2D eigenvalue weighted by Crippen LogP contribution is 2.14. The molecular weight excluding hydrogens is 248 g/mol. The van der Waals surface area contributed by atoms with E-state index in [0.717, 1.165) is 19.4 Å². The minimum atomic E-state index is -0.439.